The predicted octanol–water partition coefficient (Wildman–Crippen LogP) is 2.35. The fourth-order valence-electron chi connectivity index (χ4n) is 2.69. The van der Waals surface area contributed by atoms with Gasteiger partial charge in [-0.2, -0.15) is 5.10 Å². The zero-order chi connectivity index (χ0) is 10.8. The van der Waals surface area contributed by atoms with Gasteiger partial charge >= 0.3 is 0 Å². The molecule has 1 aliphatic carbocycles. The van der Waals surface area contributed by atoms with Gasteiger partial charge in [0.2, 0.25) is 0 Å². The molecule has 0 aromatic rings. The van der Waals surface area contributed by atoms with Crippen molar-refractivity contribution in [2.75, 3.05) is 13.2 Å². The van der Waals surface area contributed by atoms with Crippen LogP contribution in [0, 0.1) is 11.8 Å². The van der Waals surface area contributed by atoms with E-state index in [0.717, 1.165) is 25.0 Å². The number of nitrogens with zero attached hydrogens (tertiary/aromatic N) is 3. The molecule has 3 nitrogen and oxygen atoms in total. The van der Waals surface area contributed by atoms with Crippen LogP contribution in [0.15, 0.2) is 5.10 Å². The largest absolute Gasteiger partial charge is 0.342 e. The average Bonchev–Trinajstić information content (AvgIpc) is 2.70. The zero-order valence-electron chi connectivity index (χ0n) is 10.2. The van der Waals surface area contributed by atoms with Gasteiger partial charge in [0, 0.05) is 6.54 Å². The minimum Gasteiger partial charge on any atom is -0.342 e. The highest BCUT2D eigenvalue weighted by Gasteiger charge is 2.31. The molecule has 86 valence electrons. The lowest BCUT2D eigenvalue weighted by molar-refractivity contribution is 0.0812. The molecule has 1 fully saturated rings. The summed E-state index contributed by atoms with van der Waals surface area (Å²) >= 11 is 0. The van der Waals surface area contributed by atoms with Crippen molar-refractivity contribution in [2.24, 2.45) is 16.9 Å². The molecule has 0 N–H and O–H groups in total. The molecule has 0 amide bonds. The Bertz CT molecular complexity index is 239. The molecular weight excluding hydrogens is 186 g/mol. The van der Waals surface area contributed by atoms with Crippen LogP contribution >= 0.6 is 0 Å². The van der Waals surface area contributed by atoms with E-state index in [9.17, 15) is 0 Å². The van der Waals surface area contributed by atoms with Gasteiger partial charge in [0.15, 0.2) is 0 Å². The van der Waals surface area contributed by atoms with Crippen molar-refractivity contribution < 1.29 is 0 Å². The molecule has 15 heavy (non-hydrogen) atoms. The van der Waals surface area contributed by atoms with E-state index in [1.165, 1.54) is 19.3 Å². The molecule has 0 unspecified atom stereocenters. The molecule has 2 rings (SSSR count). The lowest BCUT2D eigenvalue weighted by atomic mass is 9.80. The summed E-state index contributed by atoms with van der Waals surface area (Å²) in [4.78, 5) is 2.27. The lowest BCUT2D eigenvalue weighted by Crippen LogP contribution is -2.41. The summed E-state index contributed by atoms with van der Waals surface area (Å²) in [6.07, 6.45) is 6.07. The maximum Gasteiger partial charge on any atom is 0.113 e. The van der Waals surface area contributed by atoms with Gasteiger partial charge in [-0.25, -0.2) is 0 Å². The monoisotopic (exact) mass is 209 g/mol. The number of hydrogen-bond donors (Lipinski definition) is 0. The van der Waals surface area contributed by atoms with Crippen LogP contribution in [0.3, 0.4) is 0 Å². The second-order valence-corrected chi connectivity index (χ2v) is 5.18. The van der Waals surface area contributed by atoms with Crippen LogP contribution in [0.4, 0.5) is 0 Å². The first-order valence-corrected chi connectivity index (χ1v) is 6.25. The highest BCUT2D eigenvalue weighted by atomic mass is 15.6. The highest BCUT2D eigenvalue weighted by molar-refractivity contribution is 5.56. The Morgan fingerprint density at radius 1 is 1.33 bits per heavy atom. The molecule has 1 saturated carbocycles. The van der Waals surface area contributed by atoms with E-state index < -0.39 is 0 Å². The summed E-state index contributed by atoms with van der Waals surface area (Å²) in [5.41, 5.74) is 0. The van der Waals surface area contributed by atoms with Crippen LogP contribution in [-0.4, -0.2) is 35.5 Å². The topological polar surface area (TPSA) is 18.8 Å². The zero-order valence-corrected chi connectivity index (χ0v) is 10.2. The third-order valence-corrected chi connectivity index (χ3v) is 3.89. The quantitative estimate of drug-likeness (QED) is 0.695. The van der Waals surface area contributed by atoms with Crippen molar-refractivity contribution in [3.05, 3.63) is 0 Å². The van der Waals surface area contributed by atoms with Crippen LogP contribution in [0.1, 0.15) is 40.0 Å². The van der Waals surface area contributed by atoms with Gasteiger partial charge in [0.05, 0.1) is 6.04 Å². The molecule has 3 heteroatoms. The smallest absolute Gasteiger partial charge is 0.113 e. The maximum absolute atomic E-state index is 4.53. The minimum absolute atomic E-state index is 0.668. The minimum atomic E-state index is 0.668. The molecule has 0 spiro atoms. The van der Waals surface area contributed by atoms with Gasteiger partial charge in [0.25, 0.3) is 0 Å². The summed E-state index contributed by atoms with van der Waals surface area (Å²) in [7, 11) is 0. The number of hydrogen-bond acceptors (Lipinski definition) is 3. The molecule has 0 aromatic carbocycles. The Morgan fingerprint density at radius 2 is 2.13 bits per heavy atom. The Kier molecular flexibility index (Phi) is 3.17. The van der Waals surface area contributed by atoms with E-state index in [4.69, 9.17) is 0 Å². The van der Waals surface area contributed by atoms with E-state index in [-0.39, 0.29) is 0 Å². The second kappa shape index (κ2) is 4.42. The Labute approximate surface area is 93.1 Å². The molecule has 0 bridgehead atoms. The van der Waals surface area contributed by atoms with E-state index in [1.54, 1.807) is 0 Å². The van der Waals surface area contributed by atoms with E-state index in [0.29, 0.717) is 6.04 Å². The van der Waals surface area contributed by atoms with Crippen LogP contribution in [-0.2, 0) is 0 Å². The Morgan fingerprint density at radius 3 is 2.80 bits per heavy atom. The van der Waals surface area contributed by atoms with Gasteiger partial charge in [-0.05, 0) is 31.6 Å². The molecule has 1 heterocycles. The summed E-state index contributed by atoms with van der Waals surface area (Å²) in [6.45, 7) is 8.99. The van der Waals surface area contributed by atoms with E-state index >= 15 is 0 Å². The van der Waals surface area contributed by atoms with Crippen LogP contribution < -0.4 is 0 Å². The van der Waals surface area contributed by atoms with Crippen molar-refractivity contribution in [3.63, 3.8) is 0 Å². The molecule has 2 aliphatic rings. The van der Waals surface area contributed by atoms with Crippen molar-refractivity contribution in [3.8, 4) is 0 Å². The molecule has 0 saturated heterocycles. The van der Waals surface area contributed by atoms with Gasteiger partial charge in [0.1, 0.15) is 13.0 Å². The van der Waals surface area contributed by atoms with E-state index in [1.807, 2.05) is 6.34 Å². The molecule has 0 aromatic heterocycles. The summed E-state index contributed by atoms with van der Waals surface area (Å²) in [5.74, 6) is 1.67. The van der Waals surface area contributed by atoms with Crippen LogP contribution in [0.5, 0.6) is 0 Å². The summed E-state index contributed by atoms with van der Waals surface area (Å²) in [5, 5.41) is 6.83. The van der Waals surface area contributed by atoms with Crippen LogP contribution in [0.2, 0.25) is 0 Å². The number of hydrazone groups is 1. The van der Waals surface area contributed by atoms with Crippen molar-refractivity contribution in [1.29, 1.82) is 0 Å². The maximum atomic E-state index is 4.53. The fraction of sp³-hybridized carbons (Fsp3) is 0.917. The van der Waals surface area contributed by atoms with Gasteiger partial charge in [-0.1, -0.05) is 20.3 Å². The molecule has 3 atom stereocenters. The molecule has 0 radical (unpaired) electrons. The highest BCUT2D eigenvalue weighted by Crippen LogP contribution is 2.32. The first-order valence-electron chi connectivity index (χ1n) is 6.25. The Hall–Kier alpha value is -0.730. The molecular formula is C12H23N3. The van der Waals surface area contributed by atoms with Crippen molar-refractivity contribution >= 4 is 6.34 Å². The van der Waals surface area contributed by atoms with Gasteiger partial charge < -0.3 is 4.90 Å². The lowest BCUT2D eigenvalue weighted by Gasteiger charge is -2.37. The summed E-state index contributed by atoms with van der Waals surface area (Å²) in [6, 6.07) is 0.668. The standard InChI is InChI=1S/C12H23N3/c1-4-14-8-13-15(9-14)12-7-10(2)5-6-11(12)3/h8,10-12H,4-7,9H2,1-3H3/t10-,11-,12+/m1/s1. The van der Waals surface area contributed by atoms with Crippen molar-refractivity contribution in [1.82, 2.24) is 9.91 Å². The summed E-state index contributed by atoms with van der Waals surface area (Å²) < 4.78 is 0. The third-order valence-electron chi connectivity index (χ3n) is 3.89. The first-order chi connectivity index (χ1) is 7.20. The predicted molar refractivity (Wildman–Crippen MR) is 63.5 cm³/mol. The SMILES string of the molecule is CCN1C=NN([C@H]2C[C@H](C)CC[C@H]2C)C1. The fourth-order valence-corrected chi connectivity index (χ4v) is 2.69. The Balaban J connectivity index is 1.95. The van der Waals surface area contributed by atoms with Gasteiger partial charge in [-0.15, -0.1) is 0 Å². The number of rotatable bonds is 2. The van der Waals surface area contributed by atoms with E-state index in [2.05, 4.69) is 35.8 Å². The van der Waals surface area contributed by atoms with Crippen LogP contribution in [0.25, 0.3) is 0 Å². The first kappa shape index (κ1) is 10.8. The average molecular weight is 209 g/mol. The molecule has 1 aliphatic heterocycles. The van der Waals surface area contributed by atoms with Crippen molar-refractivity contribution in [2.45, 2.75) is 46.1 Å². The third kappa shape index (κ3) is 2.27. The normalized spacial score (nSPS) is 36.3. The second-order valence-electron chi connectivity index (χ2n) is 5.18. The van der Waals surface area contributed by atoms with Gasteiger partial charge in [-0.3, -0.25) is 5.01 Å².